The van der Waals surface area contributed by atoms with Crippen LogP contribution in [0.25, 0.3) is 22.1 Å². The lowest BCUT2D eigenvalue weighted by atomic mass is 9.99. The molecule has 9 heteroatoms. The minimum absolute atomic E-state index is 0.00902. The van der Waals surface area contributed by atoms with E-state index in [0.29, 0.717) is 23.6 Å². The summed E-state index contributed by atoms with van der Waals surface area (Å²) in [6.45, 7) is 0.862. The number of fused-ring (bicyclic) bond motifs is 3. The second-order valence-corrected chi connectivity index (χ2v) is 8.32. The molecule has 1 aromatic heterocycles. The van der Waals surface area contributed by atoms with Gasteiger partial charge in [-0.05, 0) is 24.3 Å². The molecule has 0 saturated heterocycles. The van der Waals surface area contributed by atoms with E-state index >= 15 is 0 Å². The second kappa shape index (κ2) is 9.23. The Morgan fingerprint density at radius 3 is 2.36 bits per heavy atom. The summed E-state index contributed by atoms with van der Waals surface area (Å²) in [6, 6.07) is 16.5. The summed E-state index contributed by atoms with van der Waals surface area (Å²) in [5, 5.41) is 0.0328. The molecule has 0 radical (unpaired) electrons. The maximum Gasteiger partial charge on any atom is 0.450 e. The zero-order valence-electron chi connectivity index (χ0n) is 19.5. The van der Waals surface area contributed by atoms with Crippen LogP contribution < -0.4 is 19.6 Å². The van der Waals surface area contributed by atoms with E-state index in [1.807, 2.05) is 29.2 Å². The van der Waals surface area contributed by atoms with Crippen molar-refractivity contribution in [3.8, 4) is 28.4 Å². The predicted octanol–water partition coefficient (Wildman–Crippen LogP) is 5.85. The number of hydrogen-bond acceptors (Lipinski definition) is 6. The van der Waals surface area contributed by atoms with Crippen LogP contribution in [0.5, 0.6) is 17.2 Å². The molecule has 36 heavy (non-hydrogen) atoms. The van der Waals surface area contributed by atoms with Gasteiger partial charge in [0.15, 0.2) is 0 Å². The van der Waals surface area contributed by atoms with Crippen LogP contribution in [0.3, 0.4) is 0 Å². The van der Waals surface area contributed by atoms with Crippen molar-refractivity contribution < 1.29 is 31.8 Å². The minimum atomic E-state index is -4.92. The molecule has 0 unspecified atom stereocenters. The topological polar surface area (TPSA) is 61.1 Å². The Bertz CT molecular complexity index is 1500. The van der Waals surface area contributed by atoms with Crippen LogP contribution in [0.15, 0.2) is 69.9 Å². The summed E-state index contributed by atoms with van der Waals surface area (Å²) >= 11 is 0. The largest absolute Gasteiger partial charge is 0.496 e. The minimum Gasteiger partial charge on any atom is -0.496 e. The molecule has 1 aliphatic rings. The molecular weight excluding hydrogens is 475 g/mol. The van der Waals surface area contributed by atoms with Gasteiger partial charge in [0.1, 0.15) is 29.6 Å². The molecule has 3 aromatic carbocycles. The Hall–Kier alpha value is -3.98. The molecule has 0 fully saturated rings. The van der Waals surface area contributed by atoms with E-state index in [9.17, 15) is 18.0 Å². The molecule has 2 heterocycles. The highest BCUT2D eigenvalue weighted by molar-refractivity contribution is 5.88. The second-order valence-electron chi connectivity index (χ2n) is 8.32. The summed E-state index contributed by atoms with van der Waals surface area (Å²) < 4.78 is 64.7. The lowest BCUT2D eigenvalue weighted by molar-refractivity contribution is -0.152. The molecule has 0 amide bonds. The standard InChI is InChI=1S/C27H22F3NO5/c1-33-20-9-5-3-7-16(20)13-31-14-19-22(35-15-31)12-11-18-24(32)23(17-8-4-6-10-21(17)34-2)26(27(28,29)30)36-25(18)19/h3-12H,13-15H2,1-2H3. The lowest BCUT2D eigenvalue weighted by Gasteiger charge is -2.30. The van der Waals surface area contributed by atoms with Crippen molar-refractivity contribution in [1.29, 1.82) is 0 Å². The van der Waals surface area contributed by atoms with Crippen LogP contribution >= 0.6 is 0 Å². The number of benzene rings is 3. The van der Waals surface area contributed by atoms with Crippen LogP contribution in [-0.4, -0.2) is 25.9 Å². The first-order valence-electron chi connectivity index (χ1n) is 11.1. The average molecular weight is 497 g/mol. The maximum absolute atomic E-state index is 14.2. The Morgan fingerprint density at radius 1 is 0.944 bits per heavy atom. The number of ether oxygens (including phenoxy) is 3. The number of methoxy groups -OCH3 is 2. The van der Waals surface area contributed by atoms with Gasteiger partial charge in [-0.3, -0.25) is 9.69 Å². The zero-order chi connectivity index (χ0) is 25.4. The molecule has 0 saturated carbocycles. The highest BCUT2D eigenvalue weighted by Gasteiger charge is 2.40. The Morgan fingerprint density at radius 2 is 1.64 bits per heavy atom. The van der Waals surface area contributed by atoms with Crippen molar-refractivity contribution in [1.82, 2.24) is 4.90 Å². The Kier molecular flexibility index (Phi) is 6.09. The number of hydrogen-bond donors (Lipinski definition) is 0. The summed E-state index contributed by atoms with van der Waals surface area (Å²) in [5.74, 6) is -0.174. The van der Waals surface area contributed by atoms with Gasteiger partial charge in [-0.1, -0.05) is 36.4 Å². The Labute approximate surface area is 204 Å². The molecule has 186 valence electrons. The molecule has 0 N–H and O–H groups in total. The highest BCUT2D eigenvalue weighted by Crippen LogP contribution is 2.42. The van der Waals surface area contributed by atoms with Crippen molar-refractivity contribution in [3.05, 3.63) is 87.8 Å². The third-order valence-corrected chi connectivity index (χ3v) is 6.12. The highest BCUT2D eigenvalue weighted by atomic mass is 19.4. The van der Waals surface area contributed by atoms with E-state index < -0.39 is 22.9 Å². The fourth-order valence-electron chi connectivity index (χ4n) is 4.48. The number of para-hydroxylation sites is 2. The van der Waals surface area contributed by atoms with E-state index in [2.05, 4.69) is 0 Å². The number of halogens is 3. The third-order valence-electron chi connectivity index (χ3n) is 6.12. The van der Waals surface area contributed by atoms with Crippen molar-refractivity contribution in [2.75, 3.05) is 21.0 Å². The normalized spacial score (nSPS) is 13.8. The fourth-order valence-corrected chi connectivity index (χ4v) is 4.48. The number of alkyl halides is 3. The van der Waals surface area contributed by atoms with E-state index in [4.69, 9.17) is 18.6 Å². The van der Waals surface area contributed by atoms with E-state index in [0.717, 1.165) is 5.56 Å². The molecule has 0 atom stereocenters. The fraction of sp³-hybridized carbons (Fsp3) is 0.222. The van der Waals surface area contributed by atoms with Gasteiger partial charge in [0, 0.05) is 24.2 Å². The van der Waals surface area contributed by atoms with Crippen LogP contribution in [0.2, 0.25) is 0 Å². The van der Waals surface area contributed by atoms with Crippen molar-refractivity contribution in [2.45, 2.75) is 19.3 Å². The molecule has 0 spiro atoms. The zero-order valence-corrected chi connectivity index (χ0v) is 19.5. The first kappa shape index (κ1) is 23.7. The first-order valence-corrected chi connectivity index (χ1v) is 11.1. The van der Waals surface area contributed by atoms with Crippen molar-refractivity contribution in [2.24, 2.45) is 0 Å². The summed E-state index contributed by atoms with van der Waals surface area (Å²) in [6.07, 6.45) is -4.92. The van der Waals surface area contributed by atoms with E-state index in [1.165, 1.54) is 31.4 Å². The van der Waals surface area contributed by atoms with E-state index in [-0.39, 0.29) is 35.6 Å². The molecule has 5 rings (SSSR count). The smallest absolute Gasteiger partial charge is 0.450 e. The molecule has 0 bridgehead atoms. The molecule has 1 aliphatic heterocycles. The van der Waals surface area contributed by atoms with Gasteiger partial charge >= 0.3 is 6.18 Å². The van der Waals surface area contributed by atoms with Gasteiger partial charge in [-0.15, -0.1) is 0 Å². The molecule has 0 aliphatic carbocycles. The van der Waals surface area contributed by atoms with Crippen LogP contribution in [0.4, 0.5) is 13.2 Å². The van der Waals surface area contributed by atoms with Gasteiger partial charge in [0.2, 0.25) is 11.2 Å². The van der Waals surface area contributed by atoms with Crippen molar-refractivity contribution >= 4 is 11.0 Å². The van der Waals surface area contributed by atoms with Crippen LogP contribution in [-0.2, 0) is 19.3 Å². The first-order chi connectivity index (χ1) is 17.3. The lowest BCUT2D eigenvalue weighted by Crippen LogP contribution is -2.32. The van der Waals surface area contributed by atoms with Gasteiger partial charge in [-0.2, -0.15) is 13.2 Å². The summed E-state index contributed by atoms with van der Waals surface area (Å²) in [7, 11) is 2.90. The van der Waals surface area contributed by atoms with Gasteiger partial charge in [0.05, 0.1) is 30.7 Å². The molecule has 6 nitrogen and oxygen atoms in total. The van der Waals surface area contributed by atoms with Crippen LogP contribution in [0.1, 0.15) is 16.9 Å². The number of rotatable bonds is 5. The third kappa shape index (κ3) is 4.15. The predicted molar refractivity (Wildman–Crippen MR) is 127 cm³/mol. The number of nitrogens with zero attached hydrogens (tertiary/aromatic N) is 1. The molecule has 4 aromatic rings. The quantitative estimate of drug-likeness (QED) is 0.345. The summed E-state index contributed by atoms with van der Waals surface area (Å²) in [5.41, 5.74) is -0.248. The monoisotopic (exact) mass is 497 g/mol. The van der Waals surface area contributed by atoms with Gasteiger partial charge < -0.3 is 18.6 Å². The average Bonchev–Trinajstić information content (AvgIpc) is 2.88. The van der Waals surface area contributed by atoms with Crippen molar-refractivity contribution in [3.63, 3.8) is 0 Å². The Balaban J connectivity index is 1.66. The van der Waals surface area contributed by atoms with Gasteiger partial charge in [-0.25, -0.2) is 0 Å². The van der Waals surface area contributed by atoms with E-state index in [1.54, 1.807) is 19.2 Å². The van der Waals surface area contributed by atoms with Crippen LogP contribution in [0, 0.1) is 0 Å². The molecular formula is C27H22F3NO5. The SMILES string of the molecule is COc1ccccc1CN1COc2ccc3c(=O)c(-c4ccccc4OC)c(C(F)(F)F)oc3c2C1. The maximum atomic E-state index is 14.2. The summed E-state index contributed by atoms with van der Waals surface area (Å²) in [4.78, 5) is 15.4. The van der Waals surface area contributed by atoms with Gasteiger partial charge in [0.25, 0.3) is 0 Å².